The first kappa shape index (κ1) is 22.7. The number of ether oxygens (including phenoxy) is 1. The summed E-state index contributed by atoms with van der Waals surface area (Å²) >= 11 is 0. The monoisotopic (exact) mass is 449 g/mol. The molecule has 8 nitrogen and oxygen atoms in total. The Kier molecular flexibility index (Phi) is 6.03. The average Bonchev–Trinajstić information content (AvgIpc) is 3.07. The summed E-state index contributed by atoms with van der Waals surface area (Å²) in [7, 11) is 0. The minimum absolute atomic E-state index is 0.173. The van der Waals surface area contributed by atoms with Crippen LogP contribution in [0.15, 0.2) is 42.5 Å². The summed E-state index contributed by atoms with van der Waals surface area (Å²) in [5.74, 6) is -1.49. The third-order valence-electron chi connectivity index (χ3n) is 5.79. The first-order chi connectivity index (χ1) is 15.7. The Bertz CT molecular complexity index is 1110. The van der Waals surface area contributed by atoms with Gasteiger partial charge in [-0.2, -0.15) is 0 Å². The highest BCUT2D eigenvalue weighted by molar-refractivity contribution is 6.22. The van der Waals surface area contributed by atoms with E-state index in [0.717, 1.165) is 18.8 Å². The zero-order chi connectivity index (χ0) is 23.8. The number of morpholine rings is 1. The second kappa shape index (κ2) is 8.78. The first-order valence-electron chi connectivity index (χ1n) is 10.9. The predicted molar refractivity (Wildman–Crippen MR) is 123 cm³/mol. The normalized spacial score (nSPS) is 16.1. The smallest absolute Gasteiger partial charge is 0.262 e. The van der Waals surface area contributed by atoms with Crippen molar-refractivity contribution in [1.82, 2.24) is 10.2 Å². The maximum absolute atomic E-state index is 12.7. The van der Waals surface area contributed by atoms with Gasteiger partial charge in [-0.3, -0.25) is 24.1 Å². The van der Waals surface area contributed by atoms with Crippen molar-refractivity contribution < 1.29 is 23.9 Å². The minimum Gasteiger partial charge on any atom is -0.378 e. The molecule has 0 radical (unpaired) electrons. The predicted octanol–water partition coefficient (Wildman–Crippen LogP) is 2.53. The number of benzene rings is 2. The van der Waals surface area contributed by atoms with Crippen LogP contribution in [0.4, 0.5) is 5.69 Å². The Balaban J connectivity index is 1.40. The van der Waals surface area contributed by atoms with E-state index in [0.29, 0.717) is 18.8 Å². The number of nitrogens with one attached hydrogen (secondary N) is 1. The van der Waals surface area contributed by atoms with E-state index >= 15 is 0 Å². The van der Waals surface area contributed by atoms with E-state index < -0.39 is 17.4 Å². The zero-order valence-electron chi connectivity index (χ0n) is 19.0. The van der Waals surface area contributed by atoms with Crippen molar-refractivity contribution in [1.29, 1.82) is 0 Å². The summed E-state index contributed by atoms with van der Waals surface area (Å²) in [6, 6.07) is 11.7. The Morgan fingerprint density at radius 2 is 1.52 bits per heavy atom. The standard InChI is InChI=1S/C25H27N3O5/c1-25(2,3)28-23(31)19-9-6-17(14-20(19)24(28)32)22(30)26-15-21(29)16-4-7-18(8-5-16)27-10-12-33-13-11-27/h4-9,14H,10-13,15H2,1-3H3,(H,26,30). The third kappa shape index (κ3) is 4.52. The number of ketones is 1. The Morgan fingerprint density at radius 3 is 2.15 bits per heavy atom. The molecule has 8 heteroatoms. The van der Waals surface area contributed by atoms with Crippen molar-refractivity contribution in [3.05, 3.63) is 64.7 Å². The van der Waals surface area contributed by atoms with Gasteiger partial charge in [0.25, 0.3) is 17.7 Å². The quantitative estimate of drug-likeness (QED) is 0.557. The number of rotatable bonds is 5. The van der Waals surface area contributed by atoms with Gasteiger partial charge in [0, 0.05) is 35.4 Å². The van der Waals surface area contributed by atoms with E-state index in [1.165, 1.54) is 23.1 Å². The maximum Gasteiger partial charge on any atom is 0.262 e. The second-order valence-corrected chi connectivity index (χ2v) is 9.13. The number of amides is 3. The van der Waals surface area contributed by atoms with Crippen molar-refractivity contribution in [2.24, 2.45) is 0 Å². The summed E-state index contributed by atoms with van der Waals surface area (Å²) in [6.45, 7) is 8.16. The SMILES string of the molecule is CC(C)(C)N1C(=O)c2ccc(C(=O)NCC(=O)c3ccc(N4CCOCC4)cc3)cc2C1=O. The van der Waals surface area contributed by atoms with Gasteiger partial charge in [-0.1, -0.05) is 0 Å². The van der Waals surface area contributed by atoms with Crippen molar-refractivity contribution in [3.63, 3.8) is 0 Å². The number of carbonyl (C=O) groups excluding carboxylic acids is 4. The summed E-state index contributed by atoms with van der Waals surface area (Å²) in [4.78, 5) is 53.9. The van der Waals surface area contributed by atoms with Crippen LogP contribution in [0.1, 0.15) is 62.2 Å². The van der Waals surface area contributed by atoms with Crippen LogP contribution in [-0.4, -0.2) is 66.8 Å². The summed E-state index contributed by atoms with van der Waals surface area (Å²) in [5.41, 5.74) is 1.57. The van der Waals surface area contributed by atoms with Crippen LogP contribution in [0.3, 0.4) is 0 Å². The van der Waals surface area contributed by atoms with Gasteiger partial charge in [-0.25, -0.2) is 0 Å². The van der Waals surface area contributed by atoms with Crippen LogP contribution in [-0.2, 0) is 4.74 Å². The molecule has 2 aliphatic rings. The molecule has 0 saturated carbocycles. The van der Waals surface area contributed by atoms with Gasteiger partial charge in [0.1, 0.15) is 0 Å². The number of hydrogen-bond acceptors (Lipinski definition) is 6. The second-order valence-electron chi connectivity index (χ2n) is 9.13. The van der Waals surface area contributed by atoms with E-state index in [-0.39, 0.29) is 34.9 Å². The molecule has 0 aliphatic carbocycles. The molecule has 0 aromatic heterocycles. The molecule has 2 aromatic rings. The summed E-state index contributed by atoms with van der Waals surface area (Å²) < 4.78 is 5.36. The molecule has 0 atom stereocenters. The number of fused-ring (bicyclic) bond motifs is 1. The highest BCUT2D eigenvalue weighted by Gasteiger charge is 2.42. The number of Topliss-reactive ketones (excluding diaryl/α,β-unsaturated/α-hetero) is 1. The molecule has 4 rings (SSSR count). The van der Waals surface area contributed by atoms with E-state index in [1.54, 1.807) is 32.9 Å². The number of carbonyl (C=O) groups is 4. The molecule has 0 bridgehead atoms. The van der Waals surface area contributed by atoms with Crippen LogP contribution in [0.5, 0.6) is 0 Å². The molecule has 3 amide bonds. The van der Waals surface area contributed by atoms with Gasteiger partial charge in [-0.05, 0) is 63.2 Å². The number of nitrogens with zero attached hydrogens (tertiary/aromatic N) is 2. The Labute approximate surface area is 192 Å². The van der Waals surface area contributed by atoms with Gasteiger partial charge in [0.15, 0.2) is 5.78 Å². The van der Waals surface area contributed by atoms with Crippen LogP contribution >= 0.6 is 0 Å². The fraction of sp³-hybridized carbons (Fsp3) is 0.360. The van der Waals surface area contributed by atoms with Crippen LogP contribution in [0, 0.1) is 0 Å². The molecule has 1 saturated heterocycles. The third-order valence-corrected chi connectivity index (χ3v) is 5.79. The lowest BCUT2D eigenvalue weighted by Crippen LogP contribution is -2.45. The molecular formula is C25H27N3O5. The van der Waals surface area contributed by atoms with Gasteiger partial charge >= 0.3 is 0 Å². The molecule has 2 aliphatic heterocycles. The molecule has 1 fully saturated rings. The topological polar surface area (TPSA) is 96.0 Å². The van der Waals surface area contributed by atoms with Crippen molar-refractivity contribution in [2.45, 2.75) is 26.3 Å². The van der Waals surface area contributed by atoms with E-state index in [2.05, 4.69) is 10.2 Å². The lowest BCUT2D eigenvalue weighted by molar-refractivity contribution is 0.0507. The minimum atomic E-state index is -0.667. The fourth-order valence-electron chi connectivity index (χ4n) is 4.04. The number of anilines is 1. The first-order valence-corrected chi connectivity index (χ1v) is 10.9. The average molecular weight is 450 g/mol. The highest BCUT2D eigenvalue weighted by atomic mass is 16.5. The summed E-state index contributed by atoms with van der Waals surface area (Å²) in [5, 5.41) is 2.61. The van der Waals surface area contributed by atoms with E-state index in [9.17, 15) is 19.2 Å². The van der Waals surface area contributed by atoms with Gasteiger partial charge in [-0.15, -0.1) is 0 Å². The van der Waals surface area contributed by atoms with Crippen molar-refractivity contribution >= 4 is 29.2 Å². The zero-order valence-corrected chi connectivity index (χ0v) is 19.0. The van der Waals surface area contributed by atoms with Gasteiger partial charge in [0.2, 0.25) is 0 Å². The highest BCUT2D eigenvalue weighted by Crippen LogP contribution is 2.29. The van der Waals surface area contributed by atoms with E-state index in [1.807, 2.05) is 12.1 Å². The molecule has 33 heavy (non-hydrogen) atoms. The largest absolute Gasteiger partial charge is 0.378 e. The van der Waals surface area contributed by atoms with Gasteiger partial charge < -0.3 is 15.0 Å². The lowest BCUT2D eigenvalue weighted by Gasteiger charge is -2.29. The molecule has 2 heterocycles. The fourth-order valence-corrected chi connectivity index (χ4v) is 4.04. The molecular weight excluding hydrogens is 422 g/mol. The molecule has 0 unspecified atom stereocenters. The Hall–Kier alpha value is -3.52. The molecule has 1 N–H and O–H groups in total. The molecule has 172 valence electrons. The van der Waals surface area contributed by atoms with Crippen molar-refractivity contribution in [2.75, 3.05) is 37.7 Å². The lowest BCUT2D eigenvalue weighted by atomic mass is 10.0. The Morgan fingerprint density at radius 1 is 0.909 bits per heavy atom. The van der Waals surface area contributed by atoms with Gasteiger partial charge in [0.05, 0.1) is 30.9 Å². The number of imide groups is 1. The maximum atomic E-state index is 12.7. The summed E-state index contributed by atoms with van der Waals surface area (Å²) in [6.07, 6.45) is 0. The van der Waals surface area contributed by atoms with Crippen LogP contribution in [0.2, 0.25) is 0 Å². The van der Waals surface area contributed by atoms with E-state index in [4.69, 9.17) is 4.74 Å². The molecule has 2 aromatic carbocycles. The van der Waals surface area contributed by atoms with Crippen LogP contribution in [0.25, 0.3) is 0 Å². The van der Waals surface area contributed by atoms with Crippen LogP contribution < -0.4 is 10.2 Å². The molecule has 0 spiro atoms. The van der Waals surface area contributed by atoms with Crippen molar-refractivity contribution in [3.8, 4) is 0 Å². The number of hydrogen-bond donors (Lipinski definition) is 1.